The highest BCUT2D eigenvalue weighted by Gasteiger charge is 2.28. The van der Waals surface area contributed by atoms with Gasteiger partial charge in [0, 0.05) is 0 Å². The second-order valence-electron chi connectivity index (χ2n) is 5.69. The molecule has 1 aromatic rings. The van der Waals surface area contributed by atoms with Crippen molar-refractivity contribution in [2.45, 2.75) is 39.5 Å². The molecule has 1 aliphatic heterocycles. The molecule has 3 nitrogen and oxygen atoms in total. The highest BCUT2D eigenvalue weighted by atomic mass is 32.2. The maximum atomic E-state index is 12.0. The molecule has 1 N–H and O–H groups in total. The molecule has 0 atom stereocenters. The number of rotatable bonds is 3. The fourth-order valence-corrected chi connectivity index (χ4v) is 3.13. The summed E-state index contributed by atoms with van der Waals surface area (Å²) in [5, 5.41) is 11.2. The summed E-state index contributed by atoms with van der Waals surface area (Å²) >= 11 is 1.46. The third-order valence-electron chi connectivity index (χ3n) is 3.52. The van der Waals surface area contributed by atoms with Crippen LogP contribution in [0.2, 0.25) is 0 Å². The molecule has 108 valence electrons. The largest absolute Gasteiger partial charge is 0.507 e. The van der Waals surface area contributed by atoms with E-state index in [9.17, 15) is 9.90 Å². The summed E-state index contributed by atoms with van der Waals surface area (Å²) in [6.45, 7) is 12.1. The van der Waals surface area contributed by atoms with Crippen molar-refractivity contribution in [2.24, 2.45) is 0 Å². The Morgan fingerprint density at radius 3 is 2.05 bits per heavy atom. The van der Waals surface area contributed by atoms with Crippen LogP contribution in [-0.2, 0) is 4.79 Å². The van der Waals surface area contributed by atoms with E-state index in [-0.39, 0.29) is 17.7 Å². The van der Waals surface area contributed by atoms with E-state index in [4.69, 9.17) is 0 Å². The monoisotopic (exact) mass is 291 g/mol. The Balaban J connectivity index is 2.59. The maximum absolute atomic E-state index is 12.0. The van der Waals surface area contributed by atoms with Gasteiger partial charge in [-0.15, -0.1) is 0 Å². The Hall–Kier alpha value is -1.42. The van der Waals surface area contributed by atoms with Gasteiger partial charge in [0.25, 0.3) is 0 Å². The molecule has 0 unspecified atom stereocenters. The van der Waals surface area contributed by atoms with Crippen molar-refractivity contribution >= 4 is 23.4 Å². The Morgan fingerprint density at radius 1 is 1.20 bits per heavy atom. The molecular weight excluding hydrogens is 270 g/mol. The Labute approximate surface area is 124 Å². The van der Waals surface area contributed by atoms with Gasteiger partial charge in [0.2, 0.25) is 5.91 Å². The van der Waals surface area contributed by atoms with Crippen molar-refractivity contribution in [3.63, 3.8) is 0 Å². The van der Waals surface area contributed by atoms with Crippen LogP contribution in [0.1, 0.15) is 50.7 Å². The minimum absolute atomic E-state index is 0.0510. The van der Waals surface area contributed by atoms with Crippen LogP contribution in [0.4, 0.5) is 5.69 Å². The number of nitrogens with zero attached hydrogens (tertiary/aromatic N) is 1. The minimum atomic E-state index is 0.0510. The van der Waals surface area contributed by atoms with Gasteiger partial charge >= 0.3 is 0 Å². The van der Waals surface area contributed by atoms with Crippen molar-refractivity contribution in [1.29, 1.82) is 0 Å². The van der Waals surface area contributed by atoms with Crippen LogP contribution in [0, 0.1) is 0 Å². The fourth-order valence-electron chi connectivity index (χ4n) is 2.37. The third-order valence-corrected chi connectivity index (χ3v) is 4.42. The van der Waals surface area contributed by atoms with Crippen molar-refractivity contribution in [3.05, 3.63) is 34.9 Å². The number of hydrogen-bond acceptors (Lipinski definition) is 3. The van der Waals surface area contributed by atoms with E-state index < -0.39 is 0 Å². The number of thioether (sulfide) groups is 1. The van der Waals surface area contributed by atoms with E-state index in [1.807, 2.05) is 39.8 Å². The normalized spacial score (nSPS) is 15.8. The molecule has 1 fully saturated rings. The molecule has 0 saturated carbocycles. The number of aromatic hydroxyl groups is 1. The standard InChI is InChI=1S/C16H21NO2S/c1-9(2)13-6-12(7-14(10(3)4)16(13)19)17-11(5)20-8-15(17)18/h6-7,9-10,19H,5,8H2,1-4H3. The molecular formula is C16H21NO2S. The average Bonchev–Trinajstić information content (AvgIpc) is 2.69. The number of benzene rings is 1. The van der Waals surface area contributed by atoms with Crippen LogP contribution in [-0.4, -0.2) is 16.8 Å². The second-order valence-corrected chi connectivity index (χ2v) is 6.74. The molecule has 0 aliphatic carbocycles. The lowest BCUT2D eigenvalue weighted by molar-refractivity contribution is -0.115. The van der Waals surface area contributed by atoms with E-state index in [0.717, 1.165) is 21.8 Å². The van der Waals surface area contributed by atoms with Gasteiger partial charge < -0.3 is 5.11 Å². The molecule has 0 radical (unpaired) electrons. The Kier molecular flexibility index (Phi) is 4.14. The zero-order valence-corrected chi connectivity index (χ0v) is 13.3. The van der Waals surface area contributed by atoms with Gasteiger partial charge in [-0.2, -0.15) is 0 Å². The average molecular weight is 291 g/mol. The van der Waals surface area contributed by atoms with E-state index in [1.54, 1.807) is 4.90 Å². The lowest BCUT2D eigenvalue weighted by Crippen LogP contribution is -2.23. The van der Waals surface area contributed by atoms with Gasteiger partial charge in [0.05, 0.1) is 16.5 Å². The van der Waals surface area contributed by atoms with Gasteiger partial charge in [-0.05, 0) is 35.1 Å². The van der Waals surface area contributed by atoms with Gasteiger partial charge in [0.15, 0.2) is 0 Å². The first-order chi connectivity index (χ1) is 9.32. The maximum Gasteiger partial charge on any atom is 0.242 e. The topological polar surface area (TPSA) is 40.5 Å². The molecule has 2 rings (SSSR count). The van der Waals surface area contributed by atoms with Crippen LogP contribution in [0.5, 0.6) is 5.75 Å². The predicted octanol–water partition coefficient (Wildman–Crippen LogP) is 4.19. The van der Waals surface area contributed by atoms with Gasteiger partial charge in [0.1, 0.15) is 5.75 Å². The first-order valence-electron chi connectivity index (χ1n) is 6.84. The summed E-state index contributed by atoms with van der Waals surface area (Å²) in [5.41, 5.74) is 2.57. The molecule has 0 bridgehead atoms. The van der Waals surface area contributed by atoms with Crippen LogP contribution < -0.4 is 4.90 Å². The zero-order valence-electron chi connectivity index (χ0n) is 12.4. The van der Waals surface area contributed by atoms with Gasteiger partial charge in [-0.3, -0.25) is 9.69 Å². The van der Waals surface area contributed by atoms with Crippen LogP contribution in [0.15, 0.2) is 23.7 Å². The van der Waals surface area contributed by atoms with E-state index in [0.29, 0.717) is 11.5 Å². The Bertz CT molecular complexity index is 519. The van der Waals surface area contributed by atoms with Crippen molar-refractivity contribution in [2.75, 3.05) is 10.7 Å². The first kappa shape index (κ1) is 15.0. The SMILES string of the molecule is C=C1SCC(=O)N1c1cc(C(C)C)c(O)c(C(C)C)c1. The molecule has 0 aromatic heterocycles. The Morgan fingerprint density at radius 2 is 1.70 bits per heavy atom. The number of amides is 1. The quantitative estimate of drug-likeness (QED) is 0.907. The van der Waals surface area contributed by atoms with Crippen molar-refractivity contribution in [1.82, 2.24) is 0 Å². The molecule has 1 heterocycles. The number of carbonyl (C=O) groups is 1. The fraction of sp³-hybridized carbons (Fsp3) is 0.438. The summed E-state index contributed by atoms with van der Waals surface area (Å²) in [4.78, 5) is 13.7. The first-order valence-corrected chi connectivity index (χ1v) is 7.83. The van der Waals surface area contributed by atoms with Crippen LogP contribution >= 0.6 is 11.8 Å². The smallest absolute Gasteiger partial charge is 0.242 e. The molecule has 4 heteroatoms. The summed E-state index contributed by atoms with van der Waals surface area (Å²) < 4.78 is 0. The van der Waals surface area contributed by atoms with E-state index in [2.05, 4.69) is 6.58 Å². The second kappa shape index (κ2) is 5.52. The highest BCUT2D eigenvalue weighted by Crippen LogP contribution is 2.40. The molecule has 1 saturated heterocycles. The molecule has 1 amide bonds. The number of hydrogen-bond donors (Lipinski definition) is 1. The minimum Gasteiger partial charge on any atom is -0.507 e. The lowest BCUT2D eigenvalue weighted by atomic mass is 9.93. The molecule has 1 aliphatic rings. The lowest BCUT2D eigenvalue weighted by Gasteiger charge is -2.22. The summed E-state index contributed by atoms with van der Waals surface area (Å²) in [6, 6.07) is 3.81. The summed E-state index contributed by atoms with van der Waals surface area (Å²) in [7, 11) is 0. The van der Waals surface area contributed by atoms with E-state index in [1.165, 1.54) is 11.8 Å². The van der Waals surface area contributed by atoms with Gasteiger partial charge in [-0.25, -0.2) is 0 Å². The molecule has 0 spiro atoms. The number of phenolic OH excluding ortho intramolecular Hbond substituents is 1. The van der Waals surface area contributed by atoms with Crippen LogP contribution in [0.3, 0.4) is 0 Å². The zero-order chi connectivity index (χ0) is 15.0. The van der Waals surface area contributed by atoms with Crippen molar-refractivity contribution in [3.8, 4) is 5.75 Å². The predicted molar refractivity (Wildman–Crippen MR) is 85.4 cm³/mol. The molecule has 20 heavy (non-hydrogen) atoms. The summed E-state index contributed by atoms with van der Waals surface area (Å²) in [5.74, 6) is 1.24. The van der Waals surface area contributed by atoms with Gasteiger partial charge in [-0.1, -0.05) is 46.0 Å². The number of phenols is 1. The summed E-state index contributed by atoms with van der Waals surface area (Å²) in [6.07, 6.45) is 0. The van der Waals surface area contributed by atoms with E-state index >= 15 is 0 Å². The van der Waals surface area contributed by atoms with Crippen molar-refractivity contribution < 1.29 is 9.90 Å². The number of anilines is 1. The molecule has 1 aromatic carbocycles. The highest BCUT2D eigenvalue weighted by molar-refractivity contribution is 8.04. The third kappa shape index (κ3) is 2.57. The van der Waals surface area contributed by atoms with Crippen LogP contribution in [0.25, 0.3) is 0 Å². The number of carbonyl (C=O) groups excluding carboxylic acids is 1.